The van der Waals surface area contributed by atoms with E-state index < -0.39 is 63.6 Å². The van der Waals surface area contributed by atoms with E-state index in [-0.39, 0.29) is 47.7 Å². The van der Waals surface area contributed by atoms with Gasteiger partial charge in [-0.2, -0.15) is 35.5 Å². The van der Waals surface area contributed by atoms with Crippen LogP contribution in [0.5, 0.6) is 0 Å². The van der Waals surface area contributed by atoms with Crippen LogP contribution in [0.1, 0.15) is 12.5 Å². The highest BCUT2D eigenvalue weighted by Gasteiger charge is 2.26. The molecule has 1 heterocycles. The molecular formula is C28H22N4O11S4. The van der Waals surface area contributed by atoms with E-state index in [2.05, 4.69) is 20.5 Å². The lowest BCUT2D eigenvalue weighted by Gasteiger charge is -2.13. The van der Waals surface area contributed by atoms with Crippen LogP contribution in [0.25, 0.3) is 31.6 Å². The van der Waals surface area contributed by atoms with E-state index in [9.17, 15) is 48.5 Å². The minimum atomic E-state index is -4.98. The number of carbonyl (C=O) groups excluding carboxylic acids is 2. The van der Waals surface area contributed by atoms with Crippen LogP contribution >= 0.6 is 11.3 Å². The Hall–Kier alpha value is -4.50. The highest BCUT2D eigenvalue weighted by Crippen LogP contribution is 2.38. The summed E-state index contributed by atoms with van der Waals surface area (Å²) in [4.78, 5) is 28.3. The van der Waals surface area contributed by atoms with E-state index in [1.807, 2.05) is 0 Å². The number of anilines is 1. The lowest BCUT2D eigenvalue weighted by Crippen LogP contribution is -2.31. The number of aryl methyl sites for hydroxylation is 1. The molecular weight excluding hydrogens is 697 g/mol. The van der Waals surface area contributed by atoms with Gasteiger partial charge in [0.25, 0.3) is 36.3 Å². The van der Waals surface area contributed by atoms with E-state index in [0.29, 0.717) is 0 Å². The highest BCUT2D eigenvalue weighted by atomic mass is 32.2. The number of nitrogens with one attached hydrogen (secondary N) is 1. The van der Waals surface area contributed by atoms with Crippen molar-refractivity contribution in [3.8, 4) is 10.6 Å². The van der Waals surface area contributed by atoms with Crippen molar-refractivity contribution < 1.29 is 48.5 Å². The Labute approximate surface area is 271 Å². The number of thiazole rings is 1. The van der Waals surface area contributed by atoms with Crippen molar-refractivity contribution in [1.29, 1.82) is 0 Å². The first-order chi connectivity index (χ1) is 21.9. The number of benzene rings is 4. The standard InChI is InChI=1S/C28H22N4O11S4/c1-14-7-9-21-25(26(14)47(41,42)43)44-28(30-21)16-8-10-20(23(13-16)46(38,39)40)31-32-24(15(2)33)27(34)29-19-11-12-22(45(35,36)37)18-6-4-3-5-17(18)19/h3-13,24H,1-2H3,(H,29,34)(H,35,36,37)(H,38,39,40)(H,41,42,43)/t24-/m1/s1. The molecule has 1 aromatic heterocycles. The van der Waals surface area contributed by atoms with E-state index in [0.717, 1.165) is 36.5 Å². The normalized spacial score (nSPS) is 13.3. The summed E-state index contributed by atoms with van der Waals surface area (Å²) in [5.41, 5.74) is 0.213. The fraction of sp³-hybridized carbons (Fsp3) is 0.107. The zero-order valence-electron chi connectivity index (χ0n) is 24.0. The zero-order valence-corrected chi connectivity index (χ0v) is 27.3. The van der Waals surface area contributed by atoms with Crippen LogP contribution in [-0.4, -0.2) is 61.6 Å². The van der Waals surface area contributed by atoms with Crippen molar-refractivity contribution in [3.05, 3.63) is 72.3 Å². The minimum absolute atomic E-state index is 0.0746. The number of Topliss-reactive ketones (excluding diaryl/α,β-unsaturated/α-hetero) is 1. The Kier molecular flexibility index (Phi) is 8.83. The van der Waals surface area contributed by atoms with Gasteiger partial charge in [0.05, 0.1) is 10.2 Å². The van der Waals surface area contributed by atoms with Crippen LogP contribution < -0.4 is 5.32 Å². The molecule has 244 valence electrons. The van der Waals surface area contributed by atoms with Crippen LogP contribution in [0, 0.1) is 6.92 Å². The fourth-order valence-corrected chi connectivity index (χ4v) is 8.35. The lowest BCUT2D eigenvalue weighted by atomic mass is 10.1. The summed E-state index contributed by atoms with van der Waals surface area (Å²) in [6, 6.07) is 12.8. The van der Waals surface area contributed by atoms with Crippen LogP contribution in [0.3, 0.4) is 0 Å². The number of aromatic nitrogens is 1. The molecule has 0 aliphatic rings. The molecule has 1 atom stereocenters. The smallest absolute Gasteiger partial charge is 0.296 e. The largest absolute Gasteiger partial charge is 0.323 e. The van der Waals surface area contributed by atoms with Gasteiger partial charge in [-0.3, -0.25) is 23.2 Å². The summed E-state index contributed by atoms with van der Waals surface area (Å²) < 4.78 is 102. The van der Waals surface area contributed by atoms with Crippen LogP contribution in [0.2, 0.25) is 0 Å². The molecule has 5 aromatic rings. The summed E-state index contributed by atoms with van der Waals surface area (Å²) >= 11 is 0.847. The van der Waals surface area contributed by atoms with Gasteiger partial charge in [0, 0.05) is 22.0 Å². The molecule has 0 radical (unpaired) electrons. The minimum Gasteiger partial charge on any atom is -0.323 e. The van der Waals surface area contributed by atoms with Gasteiger partial charge < -0.3 is 5.32 Å². The summed E-state index contributed by atoms with van der Waals surface area (Å²) in [7, 11) is -14.2. The second-order valence-corrected chi connectivity index (χ2v) is 15.2. The lowest BCUT2D eigenvalue weighted by molar-refractivity contribution is -0.126. The topological polar surface area (TPSA) is 247 Å². The number of hydrogen-bond donors (Lipinski definition) is 4. The first-order valence-corrected chi connectivity index (χ1v) is 18.2. The van der Waals surface area contributed by atoms with Crippen molar-refractivity contribution in [2.75, 3.05) is 5.32 Å². The molecule has 5 rings (SSSR count). The van der Waals surface area contributed by atoms with Gasteiger partial charge in [0.1, 0.15) is 25.4 Å². The Morgan fingerprint density at radius 1 is 0.830 bits per heavy atom. The third kappa shape index (κ3) is 6.95. The molecule has 0 unspecified atom stereocenters. The Bertz CT molecular complexity index is 2490. The summed E-state index contributed by atoms with van der Waals surface area (Å²) in [6.07, 6.45) is 0. The van der Waals surface area contributed by atoms with Crippen LogP contribution in [0.4, 0.5) is 11.4 Å². The molecule has 47 heavy (non-hydrogen) atoms. The molecule has 0 spiro atoms. The van der Waals surface area contributed by atoms with Crippen molar-refractivity contribution in [2.45, 2.75) is 34.6 Å². The Balaban J connectivity index is 1.51. The maximum Gasteiger partial charge on any atom is 0.296 e. The molecule has 4 N–H and O–H groups in total. The molecule has 0 fully saturated rings. The van der Waals surface area contributed by atoms with Gasteiger partial charge in [0.15, 0.2) is 5.78 Å². The number of azo groups is 1. The van der Waals surface area contributed by atoms with Gasteiger partial charge in [0.2, 0.25) is 6.04 Å². The SMILES string of the molecule is CC(=O)[C@@H](N=Nc1ccc(-c2nc3ccc(C)c(S(=O)(=O)O)c3s2)cc1S(=O)(=O)O)C(=O)Nc1ccc(S(=O)(=O)O)c2ccccc12. The average Bonchev–Trinajstić information content (AvgIpc) is 3.39. The molecule has 4 aromatic carbocycles. The van der Waals surface area contributed by atoms with E-state index in [4.69, 9.17) is 0 Å². The molecule has 0 aliphatic carbocycles. The van der Waals surface area contributed by atoms with Crippen molar-refractivity contribution >= 4 is 85.7 Å². The number of ketones is 1. The number of amides is 1. The molecule has 1 amide bonds. The highest BCUT2D eigenvalue weighted by molar-refractivity contribution is 7.86. The maximum absolute atomic E-state index is 13.1. The van der Waals surface area contributed by atoms with Crippen molar-refractivity contribution in [1.82, 2.24) is 4.98 Å². The number of rotatable bonds is 9. The Morgan fingerprint density at radius 2 is 1.49 bits per heavy atom. The summed E-state index contributed by atoms with van der Waals surface area (Å²) in [6.45, 7) is 2.51. The summed E-state index contributed by atoms with van der Waals surface area (Å²) in [5, 5.41) is 10.4. The third-order valence-corrected chi connectivity index (χ3v) is 10.9. The van der Waals surface area contributed by atoms with Crippen LogP contribution in [-0.2, 0) is 39.9 Å². The number of nitrogens with zero attached hydrogens (tertiary/aromatic N) is 3. The zero-order chi connectivity index (χ0) is 34.5. The molecule has 15 nitrogen and oxygen atoms in total. The summed E-state index contributed by atoms with van der Waals surface area (Å²) in [5.74, 6) is -1.80. The number of fused-ring (bicyclic) bond motifs is 2. The van der Waals surface area contributed by atoms with E-state index in [1.54, 1.807) is 6.07 Å². The maximum atomic E-state index is 13.1. The monoisotopic (exact) mass is 718 g/mol. The van der Waals surface area contributed by atoms with Gasteiger partial charge in [-0.15, -0.1) is 11.3 Å². The first kappa shape index (κ1) is 33.9. The first-order valence-electron chi connectivity index (χ1n) is 13.1. The van der Waals surface area contributed by atoms with Crippen molar-refractivity contribution in [2.24, 2.45) is 10.2 Å². The van der Waals surface area contributed by atoms with Gasteiger partial charge in [-0.25, -0.2) is 4.98 Å². The van der Waals surface area contributed by atoms with Gasteiger partial charge >= 0.3 is 0 Å². The Morgan fingerprint density at radius 3 is 2.11 bits per heavy atom. The molecule has 19 heteroatoms. The predicted molar refractivity (Wildman–Crippen MR) is 171 cm³/mol. The van der Waals surface area contributed by atoms with Gasteiger partial charge in [-0.05, 0) is 55.8 Å². The third-order valence-electron chi connectivity index (χ3n) is 6.79. The predicted octanol–water partition coefficient (Wildman–Crippen LogP) is 4.85. The molecule has 0 saturated heterocycles. The molecule has 0 bridgehead atoms. The number of hydrogen-bond acceptors (Lipinski definition) is 12. The number of carbonyl (C=O) groups is 2. The molecule has 0 aliphatic heterocycles. The van der Waals surface area contributed by atoms with E-state index >= 15 is 0 Å². The molecule has 0 saturated carbocycles. The van der Waals surface area contributed by atoms with Gasteiger partial charge in [-0.1, -0.05) is 30.3 Å². The van der Waals surface area contributed by atoms with E-state index in [1.165, 1.54) is 49.4 Å². The second-order valence-electron chi connectivity index (χ2n) is 10.1. The fourth-order valence-electron chi connectivity index (χ4n) is 4.69. The quantitative estimate of drug-likeness (QED) is 0.0908. The van der Waals surface area contributed by atoms with Crippen LogP contribution in [0.15, 0.2) is 91.6 Å². The second kappa shape index (κ2) is 12.3. The average molecular weight is 719 g/mol. The van der Waals surface area contributed by atoms with Crippen molar-refractivity contribution in [3.63, 3.8) is 0 Å².